The number of carbonyl (C=O) groups excluding carboxylic acids is 1. The van der Waals surface area contributed by atoms with Crippen molar-refractivity contribution in [2.75, 3.05) is 5.32 Å². The third kappa shape index (κ3) is 4.04. The molecule has 0 saturated heterocycles. The monoisotopic (exact) mass is 378 g/mol. The van der Waals surface area contributed by atoms with Crippen LogP contribution in [0.5, 0.6) is 0 Å². The summed E-state index contributed by atoms with van der Waals surface area (Å²) in [5, 5.41) is 9.10. The average molecular weight is 379 g/mol. The zero-order valence-corrected chi connectivity index (χ0v) is 15.4. The lowest BCUT2D eigenvalue weighted by Gasteiger charge is -2.09. The van der Waals surface area contributed by atoms with E-state index in [9.17, 15) is 4.79 Å². The van der Waals surface area contributed by atoms with Crippen LogP contribution in [0, 0.1) is 0 Å². The van der Waals surface area contributed by atoms with E-state index in [-0.39, 0.29) is 5.91 Å². The maximum absolute atomic E-state index is 12.4. The molecule has 0 bridgehead atoms. The molecule has 0 aliphatic rings. The zero-order chi connectivity index (χ0) is 18.6. The summed E-state index contributed by atoms with van der Waals surface area (Å²) in [5.41, 5.74) is 3.26. The summed E-state index contributed by atoms with van der Waals surface area (Å²) >= 11 is 6.04. The number of aryl methyl sites for hydroxylation is 1. The minimum Gasteiger partial charge on any atom is -0.361 e. The number of hydrogen-bond acceptors (Lipinski definition) is 2. The SMILES string of the molecule is O=C(CCc1c[nH]c2ccccc12)Nc1ccnn1Cc1cccc(Cl)c1. The van der Waals surface area contributed by atoms with Crippen LogP contribution in [-0.2, 0) is 17.8 Å². The van der Waals surface area contributed by atoms with E-state index in [2.05, 4.69) is 21.5 Å². The van der Waals surface area contributed by atoms with Gasteiger partial charge in [-0.1, -0.05) is 41.9 Å². The van der Waals surface area contributed by atoms with Crippen LogP contribution in [0.15, 0.2) is 67.0 Å². The van der Waals surface area contributed by atoms with Gasteiger partial charge in [-0.3, -0.25) is 4.79 Å². The zero-order valence-electron chi connectivity index (χ0n) is 14.7. The normalized spacial score (nSPS) is 11.0. The predicted molar refractivity (Wildman–Crippen MR) is 108 cm³/mol. The Labute approximate surface area is 162 Å². The van der Waals surface area contributed by atoms with Gasteiger partial charge in [-0.15, -0.1) is 0 Å². The minimum absolute atomic E-state index is 0.0341. The van der Waals surface area contributed by atoms with Crippen LogP contribution >= 0.6 is 11.6 Å². The van der Waals surface area contributed by atoms with Gasteiger partial charge in [0.2, 0.25) is 5.91 Å². The number of H-pyrrole nitrogens is 1. The Balaban J connectivity index is 1.39. The lowest BCUT2D eigenvalue weighted by molar-refractivity contribution is -0.116. The summed E-state index contributed by atoms with van der Waals surface area (Å²) in [6, 6.07) is 17.5. The highest BCUT2D eigenvalue weighted by molar-refractivity contribution is 6.30. The van der Waals surface area contributed by atoms with Crippen molar-refractivity contribution in [2.24, 2.45) is 0 Å². The van der Waals surface area contributed by atoms with Gasteiger partial charge in [-0.2, -0.15) is 5.10 Å². The molecule has 27 heavy (non-hydrogen) atoms. The van der Waals surface area contributed by atoms with Crippen molar-refractivity contribution in [3.8, 4) is 0 Å². The summed E-state index contributed by atoms with van der Waals surface area (Å²) in [6.07, 6.45) is 4.74. The van der Waals surface area contributed by atoms with Crippen molar-refractivity contribution in [3.63, 3.8) is 0 Å². The number of aromatic amines is 1. The van der Waals surface area contributed by atoms with Gasteiger partial charge in [0.1, 0.15) is 5.82 Å². The Bertz CT molecular complexity index is 1080. The van der Waals surface area contributed by atoms with E-state index >= 15 is 0 Å². The van der Waals surface area contributed by atoms with Gasteiger partial charge < -0.3 is 10.3 Å². The summed E-state index contributed by atoms with van der Waals surface area (Å²) in [4.78, 5) is 15.7. The second-order valence-electron chi connectivity index (χ2n) is 6.41. The van der Waals surface area contributed by atoms with E-state index in [1.165, 1.54) is 0 Å². The lowest BCUT2D eigenvalue weighted by Crippen LogP contribution is -2.16. The Morgan fingerprint density at radius 1 is 1.15 bits per heavy atom. The molecule has 0 aliphatic heterocycles. The molecule has 0 saturated carbocycles. The minimum atomic E-state index is -0.0341. The van der Waals surface area contributed by atoms with Gasteiger partial charge in [0.05, 0.1) is 12.7 Å². The number of halogens is 1. The van der Waals surface area contributed by atoms with Crippen LogP contribution in [0.25, 0.3) is 10.9 Å². The van der Waals surface area contributed by atoms with E-state index in [0.29, 0.717) is 30.2 Å². The Hall–Kier alpha value is -3.05. The van der Waals surface area contributed by atoms with Crippen molar-refractivity contribution >= 4 is 34.2 Å². The summed E-state index contributed by atoms with van der Waals surface area (Å²) in [6.45, 7) is 0.547. The third-order valence-corrected chi connectivity index (χ3v) is 4.74. The largest absolute Gasteiger partial charge is 0.361 e. The topological polar surface area (TPSA) is 62.7 Å². The number of benzene rings is 2. The van der Waals surface area contributed by atoms with Gasteiger partial charge in [-0.25, -0.2) is 4.68 Å². The number of nitrogens with one attached hydrogen (secondary N) is 2. The molecule has 5 nitrogen and oxygen atoms in total. The first-order valence-electron chi connectivity index (χ1n) is 8.80. The van der Waals surface area contributed by atoms with E-state index in [0.717, 1.165) is 22.0 Å². The van der Waals surface area contributed by atoms with E-state index < -0.39 is 0 Å². The molecule has 1 amide bonds. The van der Waals surface area contributed by atoms with Gasteiger partial charge in [-0.05, 0) is 35.7 Å². The standard InChI is InChI=1S/C21H19ClN4O/c22-17-5-3-4-15(12-17)14-26-20(10-11-24-26)25-21(27)9-8-16-13-23-19-7-2-1-6-18(16)19/h1-7,10-13,23H,8-9,14H2,(H,25,27). The number of rotatable bonds is 6. The van der Waals surface area contributed by atoms with Crippen LogP contribution < -0.4 is 5.32 Å². The van der Waals surface area contributed by atoms with Crippen molar-refractivity contribution in [2.45, 2.75) is 19.4 Å². The van der Waals surface area contributed by atoms with Gasteiger partial charge in [0, 0.05) is 34.6 Å². The second-order valence-corrected chi connectivity index (χ2v) is 6.85. The second kappa shape index (κ2) is 7.68. The molecule has 2 N–H and O–H groups in total. The number of carbonyl (C=O) groups is 1. The van der Waals surface area contributed by atoms with Crippen LogP contribution in [0.2, 0.25) is 5.02 Å². The summed E-state index contributed by atoms with van der Waals surface area (Å²) < 4.78 is 1.76. The predicted octanol–water partition coefficient (Wildman–Crippen LogP) is 4.64. The molecular weight excluding hydrogens is 360 g/mol. The molecule has 0 spiro atoms. The maximum atomic E-state index is 12.4. The van der Waals surface area contributed by atoms with Crippen molar-refractivity contribution in [1.29, 1.82) is 0 Å². The maximum Gasteiger partial charge on any atom is 0.225 e. The average Bonchev–Trinajstić information content (AvgIpc) is 3.27. The molecule has 4 rings (SSSR count). The van der Waals surface area contributed by atoms with E-state index in [1.807, 2.05) is 48.7 Å². The van der Waals surface area contributed by atoms with Gasteiger partial charge >= 0.3 is 0 Å². The van der Waals surface area contributed by atoms with Crippen LogP contribution in [0.4, 0.5) is 5.82 Å². The molecule has 0 atom stereocenters. The molecule has 2 aromatic carbocycles. The molecule has 4 aromatic rings. The molecule has 6 heteroatoms. The molecule has 136 valence electrons. The highest BCUT2D eigenvalue weighted by Gasteiger charge is 2.10. The number of hydrogen-bond donors (Lipinski definition) is 2. The van der Waals surface area contributed by atoms with Gasteiger partial charge in [0.25, 0.3) is 0 Å². The first-order chi connectivity index (χ1) is 13.2. The van der Waals surface area contributed by atoms with Crippen molar-refractivity contribution < 1.29 is 4.79 Å². The molecule has 2 aromatic heterocycles. The smallest absolute Gasteiger partial charge is 0.225 e. The summed E-state index contributed by atoms with van der Waals surface area (Å²) in [7, 11) is 0. The summed E-state index contributed by atoms with van der Waals surface area (Å²) in [5.74, 6) is 0.645. The van der Waals surface area contributed by atoms with Crippen LogP contribution in [0.3, 0.4) is 0 Å². The highest BCUT2D eigenvalue weighted by atomic mass is 35.5. The molecule has 2 heterocycles. The third-order valence-electron chi connectivity index (χ3n) is 4.50. The quantitative estimate of drug-likeness (QED) is 0.513. The first kappa shape index (κ1) is 17.4. The molecule has 0 fully saturated rings. The van der Waals surface area contributed by atoms with E-state index in [1.54, 1.807) is 16.9 Å². The Morgan fingerprint density at radius 2 is 2.04 bits per heavy atom. The Kier molecular flexibility index (Phi) is 4.94. The van der Waals surface area contributed by atoms with Crippen molar-refractivity contribution in [1.82, 2.24) is 14.8 Å². The number of para-hydroxylation sites is 1. The lowest BCUT2D eigenvalue weighted by atomic mass is 10.1. The molecule has 0 radical (unpaired) electrons. The fourth-order valence-corrected chi connectivity index (χ4v) is 3.38. The number of amides is 1. The van der Waals surface area contributed by atoms with Crippen LogP contribution in [0.1, 0.15) is 17.5 Å². The number of nitrogens with zero attached hydrogens (tertiary/aromatic N) is 2. The fourth-order valence-electron chi connectivity index (χ4n) is 3.17. The molecule has 0 unspecified atom stereocenters. The van der Waals surface area contributed by atoms with Gasteiger partial charge in [0.15, 0.2) is 0 Å². The molecular formula is C21H19ClN4O. The van der Waals surface area contributed by atoms with Crippen molar-refractivity contribution in [3.05, 3.63) is 83.1 Å². The fraction of sp³-hybridized carbons (Fsp3) is 0.143. The highest BCUT2D eigenvalue weighted by Crippen LogP contribution is 2.19. The van der Waals surface area contributed by atoms with Crippen LogP contribution in [-0.4, -0.2) is 20.7 Å². The number of aromatic nitrogens is 3. The number of anilines is 1. The number of fused-ring (bicyclic) bond motifs is 1. The molecule has 0 aliphatic carbocycles. The Morgan fingerprint density at radius 3 is 2.93 bits per heavy atom. The van der Waals surface area contributed by atoms with E-state index in [4.69, 9.17) is 11.6 Å². The first-order valence-corrected chi connectivity index (χ1v) is 9.18.